The van der Waals surface area contributed by atoms with Crippen LogP contribution >= 0.6 is 12.4 Å². The summed E-state index contributed by atoms with van der Waals surface area (Å²) in [6.07, 6.45) is 5.97. The van der Waals surface area contributed by atoms with Crippen molar-refractivity contribution in [1.82, 2.24) is 0 Å². The van der Waals surface area contributed by atoms with Gasteiger partial charge >= 0.3 is 0 Å². The maximum Gasteiger partial charge on any atom is 0.224 e. The summed E-state index contributed by atoms with van der Waals surface area (Å²) in [5.74, 6) is -0.400. The van der Waals surface area contributed by atoms with Crippen LogP contribution in [0.1, 0.15) is 44.1 Å². The lowest BCUT2D eigenvalue weighted by atomic mass is 9.71. The second kappa shape index (κ2) is 7.76. The number of aryl methyl sites for hydroxylation is 1. The molecule has 0 aromatic heterocycles. The van der Waals surface area contributed by atoms with Crippen LogP contribution in [0.15, 0.2) is 18.2 Å². The molecule has 0 bridgehead atoms. The Morgan fingerprint density at radius 3 is 2.62 bits per heavy atom. The van der Waals surface area contributed by atoms with E-state index in [0.717, 1.165) is 31.2 Å². The van der Waals surface area contributed by atoms with Gasteiger partial charge in [-0.2, -0.15) is 0 Å². The summed E-state index contributed by atoms with van der Waals surface area (Å²) < 4.78 is 13.2. The van der Waals surface area contributed by atoms with Gasteiger partial charge in [0.15, 0.2) is 0 Å². The molecule has 1 fully saturated rings. The Bertz CT molecular complexity index is 487. The lowest BCUT2D eigenvalue weighted by Crippen LogP contribution is -2.36. The molecule has 1 aliphatic carbocycles. The number of nitrogens with two attached hydrogens (primary N) is 1. The molecule has 21 heavy (non-hydrogen) atoms. The first-order valence-corrected chi connectivity index (χ1v) is 7.31. The summed E-state index contributed by atoms with van der Waals surface area (Å²) in [6, 6.07) is 4.43. The summed E-state index contributed by atoms with van der Waals surface area (Å²) in [4.78, 5) is 12.2. The van der Waals surface area contributed by atoms with Crippen LogP contribution in [-0.4, -0.2) is 12.5 Å². The lowest BCUT2D eigenvalue weighted by Gasteiger charge is -2.35. The van der Waals surface area contributed by atoms with Crippen molar-refractivity contribution in [1.29, 1.82) is 0 Å². The molecule has 3 N–H and O–H groups in total. The fourth-order valence-electron chi connectivity index (χ4n) is 3.02. The Balaban J connectivity index is 0.00000220. The molecule has 118 valence electrons. The van der Waals surface area contributed by atoms with Gasteiger partial charge in [0.25, 0.3) is 0 Å². The number of carbonyl (C=O) groups excluding carboxylic acids is 1. The van der Waals surface area contributed by atoms with Gasteiger partial charge < -0.3 is 11.1 Å². The number of nitrogens with one attached hydrogen (secondary N) is 1. The normalized spacial score (nSPS) is 16.9. The maximum absolute atomic E-state index is 13.2. The zero-order chi connectivity index (χ0) is 14.6. The van der Waals surface area contributed by atoms with E-state index in [-0.39, 0.29) is 29.5 Å². The predicted molar refractivity (Wildman–Crippen MR) is 86.2 cm³/mol. The van der Waals surface area contributed by atoms with Gasteiger partial charge in [0.05, 0.1) is 0 Å². The molecule has 0 aliphatic heterocycles. The smallest absolute Gasteiger partial charge is 0.224 e. The summed E-state index contributed by atoms with van der Waals surface area (Å²) in [5.41, 5.74) is 7.25. The molecule has 0 heterocycles. The van der Waals surface area contributed by atoms with Gasteiger partial charge in [-0.1, -0.05) is 25.3 Å². The highest BCUT2D eigenvalue weighted by Gasteiger charge is 2.33. The van der Waals surface area contributed by atoms with Crippen LogP contribution in [0.5, 0.6) is 0 Å². The number of hydrogen-bond donors (Lipinski definition) is 2. The van der Waals surface area contributed by atoms with Crippen molar-refractivity contribution in [3.63, 3.8) is 0 Å². The molecule has 0 radical (unpaired) electrons. The summed E-state index contributed by atoms with van der Waals surface area (Å²) >= 11 is 0. The van der Waals surface area contributed by atoms with E-state index in [2.05, 4.69) is 5.32 Å². The highest BCUT2D eigenvalue weighted by Crippen LogP contribution is 2.38. The van der Waals surface area contributed by atoms with Crippen LogP contribution in [-0.2, 0) is 4.79 Å². The molecule has 0 saturated heterocycles. The quantitative estimate of drug-likeness (QED) is 0.888. The molecule has 1 aliphatic rings. The highest BCUT2D eigenvalue weighted by molar-refractivity contribution is 5.91. The van der Waals surface area contributed by atoms with Gasteiger partial charge in [-0.05, 0) is 49.4 Å². The van der Waals surface area contributed by atoms with Crippen molar-refractivity contribution in [2.75, 3.05) is 11.9 Å². The zero-order valence-corrected chi connectivity index (χ0v) is 13.3. The largest absolute Gasteiger partial charge is 0.330 e. The topological polar surface area (TPSA) is 55.1 Å². The van der Waals surface area contributed by atoms with Gasteiger partial charge in [-0.3, -0.25) is 4.79 Å². The molecule has 1 aromatic carbocycles. The predicted octanol–water partition coefficient (Wildman–Crippen LogP) is 3.79. The van der Waals surface area contributed by atoms with Gasteiger partial charge in [-0.15, -0.1) is 12.4 Å². The van der Waals surface area contributed by atoms with Crippen LogP contribution in [0.2, 0.25) is 0 Å². The first-order chi connectivity index (χ1) is 9.54. The summed E-state index contributed by atoms with van der Waals surface area (Å²) in [7, 11) is 0. The lowest BCUT2D eigenvalue weighted by molar-refractivity contribution is -0.118. The van der Waals surface area contributed by atoms with E-state index in [1.54, 1.807) is 6.07 Å². The molecular formula is C16H24ClFN2O. The number of anilines is 1. The number of carbonyl (C=O) groups is 1. The van der Waals surface area contributed by atoms with Gasteiger partial charge in [0.1, 0.15) is 5.82 Å². The van der Waals surface area contributed by atoms with Crippen molar-refractivity contribution >= 4 is 24.0 Å². The molecule has 1 amide bonds. The van der Waals surface area contributed by atoms with Crippen LogP contribution in [0, 0.1) is 18.2 Å². The summed E-state index contributed by atoms with van der Waals surface area (Å²) in [6.45, 7) is 2.40. The first-order valence-electron chi connectivity index (χ1n) is 7.31. The molecule has 0 atom stereocenters. The average Bonchev–Trinajstić information content (AvgIpc) is 2.44. The Morgan fingerprint density at radius 1 is 1.33 bits per heavy atom. The zero-order valence-electron chi connectivity index (χ0n) is 12.5. The molecule has 0 unspecified atom stereocenters. The SMILES string of the molecule is Cc1ccc(F)cc1NC(=O)CC1(CN)CCCCC1.Cl. The highest BCUT2D eigenvalue weighted by atomic mass is 35.5. The van der Waals surface area contributed by atoms with E-state index in [1.807, 2.05) is 6.92 Å². The molecule has 1 saturated carbocycles. The van der Waals surface area contributed by atoms with Crippen molar-refractivity contribution in [2.45, 2.75) is 45.4 Å². The summed E-state index contributed by atoms with van der Waals surface area (Å²) in [5, 5.41) is 2.82. The molecule has 5 heteroatoms. The van der Waals surface area contributed by atoms with Crippen LogP contribution in [0.3, 0.4) is 0 Å². The molecule has 2 rings (SSSR count). The number of hydrogen-bond acceptors (Lipinski definition) is 2. The maximum atomic E-state index is 13.2. The third-order valence-electron chi connectivity index (χ3n) is 4.36. The van der Waals surface area contributed by atoms with Crippen molar-refractivity contribution < 1.29 is 9.18 Å². The number of halogens is 2. The van der Waals surface area contributed by atoms with Gasteiger partial charge in [-0.25, -0.2) is 4.39 Å². The number of benzene rings is 1. The van der Waals surface area contributed by atoms with Crippen LogP contribution < -0.4 is 11.1 Å². The second-order valence-electron chi connectivity index (χ2n) is 5.95. The molecule has 3 nitrogen and oxygen atoms in total. The van der Waals surface area contributed by atoms with Crippen molar-refractivity contribution in [3.8, 4) is 0 Å². The number of amides is 1. The standard InChI is InChI=1S/C16H23FN2O.ClH/c1-12-5-6-13(17)9-14(12)19-15(20)10-16(11-18)7-3-2-4-8-16;/h5-6,9H,2-4,7-8,10-11,18H2,1H3,(H,19,20);1H. The Kier molecular flexibility index (Phi) is 6.62. The van der Waals surface area contributed by atoms with Crippen molar-refractivity contribution in [3.05, 3.63) is 29.6 Å². The van der Waals surface area contributed by atoms with Gasteiger partial charge in [0, 0.05) is 12.1 Å². The number of rotatable bonds is 4. The van der Waals surface area contributed by atoms with E-state index in [9.17, 15) is 9.18 Å². The Labute approximate surface area is 131 Å². The fourth-order valence-corrected chi connectivity index (χ4v) is 3.02. The Morgan fingerprint density at radius 2 is 2.00 bits per heavy atom. The van der Waals surface area contributed by atoms with E-state index in [4.69, 9.17) is 5.73 Å². The molecular weight excluding hydrogens is 291 g/mol. The minimum absolute atomic E-state index is 0. The third-order valence-corrected chi connectivity index (χ3v) is 4.36. The monoisotopic (exact) mass is 314 g/mol. The van der Waals surface area contributed by atoms with E-state index < -0.39 is 0 Å². The average molecular weight is 315 g/mol. The van der Waals surface area contributed by atoms with E-state index in [1.165, 1.54) is 18.6 Å². The fraction of sp³-hybridized carbons (Fsp3) is 0.562. The minimum atomic E-state index is -0.336. The molecule has 1 aromatic rings. The first kappa shape index (κ1) is 17.9. The van der Waals surface area contributed by atoms with E-state index >= 15 is 0 Å². The van der Waals surface area contributed by atoms with Crippen LogP contribution in [0.25, 0.3) is 0 Å². The molecule has 0 spiro atoms. The third kappa shape index (κ3) is 4.68. The Hall–Kier alpha value is -1.13. The van der Waals surface area contributed by atoms with Gasteiger partial charge in [0.2, 0.25) is 5.91 Å². The minimum Gasteiger partial charge on any atom is -0.330 e. The van der Waals surface area contributed by atoms with E-state index in [0.29, 0.717) is 18.7 Å². The van der Waals surface area contributed by atoms with Crippen LogP contribution in [0.4, 0.5) is 10.1 Å². The second-order valence-corrected chi connectivity index (χ2v) is 5.95. The van der Waals surface area contributed by atoms with Crippen molar-refractivity contribution in [2.24, 2.45) is 11.1 Å².